The van der Waals surface area contributed by atoms with Gasteiger partial charge >= 0.3 is 5.97 Å². The Labute approximate surface area is 246 Å². The summed E-state index contributed by atoms with van der Waals surface area (Å²) < 4.78 is 1.96. The molecule has 3 amide bonds. The highest BCUT2D eigenvalue weighted by molar-refractivity contribution is 5.93. The van der Waals surface area contributed by atoms with E-state index in [1.165, 1.54) is 12.5 Å². The van der Waals surface area contributed by atoms with Crippen molar-refractivity contribution in [1.82, 2.24) is 30.1 Å². The molecule has 1 aliphatic heterocycles. The van der Waals surface area contributed by atoms with Crippen LogP contribution in [0.25, 0.3) is 10.9 Å². The van der Waals surface area contributed by atoms with Gasteiger partial charge in [-0.05, 0) is 43.2 Å². The van der Waals surface area contributed by atoms with Gasteiger partial charge in [0.05, 0.1) is 6.33 Å². The maximum Gasteiger partial charge on any atom is 0.326 e. The average molecular weight is 579 g/mol. The molecule has 3 atom stereocenters. The summed E-state index contributed by atoms with van der Waals surface area (Å²) in [6.45, 7) is 5.40. The number of nitrogens with one attached hydrogen (secondary N) is 3. The first-order valence-electron chi connectivity index (χ1n) is 14.7. The molecule has 1 saturated heterocycles. The van der Waals surface area contributed by atoms with Crippen LogP contribution in [0.15, 0.2) is 43.0 Å². The molecule has 0 aliphatic carbocycles. The monoisotopic (exact) mass is 578 g/mol. The zero-order valence-electron chi connectivity index (χ0n) is 24.6. The number of hydrogen-bond acceptors (Lipinski definition) is 5. The highest BCUT2D eigenvalue weighted by Crippen LogP contribution is 2.23. The van der Waals surface area contributed by atoms with E-state index >= 15 is 0 Å². The van der Waals surface area contributed by atoms with Crippen LogP contribution in [0.1, 0.15) is 57.2 Å². The molecule has 42 heavy (non-hydrogen) atoms. The standard InChI is InChI=1S/C31H42N6O5/c1-20(2)13-21(15-28(38)37-11-7-4-8-12-37)29(39)34-25(14-22-18-36(3)27-10-6-5-9-24(22)27)30(40)35-26(31(41)42)16-23-17-32-19-33-23/h5-6,9-10,17-21,25-26H,4,7-8,11-16H2,1-3H3,(H,32,33)(H,34,39)(H,35,40)(H,41,42). The number of carboxylic acid groups (broad SMARTS) is 1. The van der Waals surface area contributed by atoms with E-state index in [1.54, 1.807) is 0 Å². The molecular formula is C31H42N6O5. The summed E-state index contributed by atoms with van der Waals surface area (Å²) in [5.41, 5.74) is 2.38. The Morgan fingerprint density at radius 3 is 2.38 bits per heavy atom. The van der Waals surface area contributed by atoms with Crippen LogP contribution in [0.2, 0.25) is 0 Å². The maximum absolute atomic E-state index is 13.8. The van der Waals surface area contributed by atoms with Crippen LogP contribution < -0.4 is 10.6 Å². The number of para-hydroxylation sites is 1. The molecule has 4 rings (SSSR count). The molecule has 3 aromatic rings. The second kappa shape index (κ2) is 14.2. The average Bonchev–Trinajstić information content (AvgIpc) is 3.59. The summed E-state index contributed by atoms with van der Waals surface area (Å²) in [7, 11) is 1.91. The largest absolute Gasteiger partial charge is 0.480 e. The third-order valence-electron chi connectivity index (χ3n) is 7.89. The van der Waals surface area contributed by atoms with Crippen LogP contribution in [0.3, 0.4) is 0 Å². The van der Waals surface area contributed by atoms with Crippen molar-refractivity contribution in [2.75, 3.05) is 13.1 Å². The van der Waals surface area contributed by atoms with Crippen LogP contribution in [0, 0.1) is 11.8 Å². The normalized spacial score (nSPS) is 15.8. The van der Waals surface area contributed by atoms with Gasteiger partial charge in [0.15, 0.2) is 0 Å². The Morgan fingerprint density at radius 1 is 1.00 bits per heavy atom. The van der Waals surface area contributed by atoms with Crippen LogP contribution in [0.4, 0.5) is 0 Å². The van der Waals surface area contributed by atoms with Gasteiger partial charge in [0.25, 0.3) is 0 Å². The molecule has 1 aliphatic rings. The quantitative estimate of drug-likeness (QED) is 0.245. The number of fused-ring (bicyclic) bond motifs is 1. The number of carboxylic acids is 1. The zero-order valence-corrected chi connectivity index (χ0v) is 24.6. The molecular weight excluding hydrogens is 536 g/mol. The predicted octanol–water partition coefficient (Wildman–Crippen LogP) is 2.81. The molecule has 0 spiro atoms. The van der Waals surface area contributed by atoms with Crippen LogP contribution in [0.5, 0.6) is 0 Å². The SMILES string of the molecule is CC(C)CC(CC(=O)N1CCCCC1)C(=O)NC(Cc1cn(C)c2ccccc12)C(=O)NC(Cc1cnc[nH]1)C(=O)O. The fourth-order valence-electron chi connectivity index (χ4n) is 5.73. The fourth-order valence-corrected chi connectivity index (χ4v) is 5.73. The third-order valence-corrected chi connectivity index (χ3v) is 7.89. The number of piperidine rings is 1. The number of imidazole rings is 1. The lowest BCUT2D eigenvalue weighted by Crippen LogP contribution is -2.54. The third kappa shape index (κ3) is 7.98. The van der Waals surface area contributed by atoms with Gasteiger partial charge in [0.1, 0.15) is 12.1 Å². The van der Waals surface area contributed by atoms with Crippen molar-refractivity contribution in [1.29, 1.82) is 0 Å². The van der Waals surface area contributed by atoms with Gasteiger partial charge in [0.2, 0.25) is 17.7 Å². The van der Waals surface area contributed by atoms with E-state index in [-0.39, 0.29) is 37.0 Å². The van der Waals surface area contributed by atoms with Gasteiger partial charge in [-0.1, -0.05) is 32.0 Å². The summed E-state index contributed by atoms with van der Waals surface area (Å²) in [5, 5.41) is 16.3. The number of benzene rings is 1. The smallest absolute Gasteiger partial charge is 0.326 e. The van der Waals surface area contributed by atoms with E-state index in [1.807, 2.05) is 60.8 Å². The summed E-state index contributed by atoms with van der Waals surface area (Å²) in [6.07, 6.45) is 8.62. The minimum absolute atomic E-state index is 0.0102. The second-order valence-electron chi connectivity index (χ2n) is 11.7. The molecule has 3 unspecified atom stereocenters. The Balaban J connectivity index is 1.57. The number of hydrogen-bond donors (Lipinski definition) is 4. The number of aryl methyl sites for hydroxylation is 1. The maximum atomic E-state index is 13.8. The van der Waals surface area contributed by atoms with E-state index in [9.17, 15) is 24.3 Å². The highest BCUT2D eigenvalue weighted by atomic mass is 16.4. The van der Waals surface area contributed by atoms with E-state index < -0.39 is 29.9 Å². The molecule has 3 heterocycles. The molecule has 0 saturated carbocycles. The lowest BCUT2D eigenvalue weighted by atomic mass is 9.91. The lowest BCUT2D eigenvalue weighted by Gasteiger charge is -2.29. The number of aromatic nitrogens is 3. The number of nitrogens with zero attached hydrogens (tertiary/aromatic N) is 3. The molecule has 1 fully saturated rings. The van der Waals surface area contributed by atoms with Gasteiger partial charge in [-0.15, -0.1) is 0 Å². The zero-order chi connectivity index (χ0) is 30.2. The first kappa shape index (κ1) is 30.8. The Kier molecular flexibility index (Phi) is 10.4. The molecule has 0 bridgehead atoms. The van der Waals surface area contributed by atoms with Crippen molar-refractivity contribution in [2.45, 2.75) is 70.9 Å². The van der Waals surface area contributed by atoms with Gasteiger partial charge in [-0.3, -0.25) is 14.4 Å². The molecule has 11 heteroatoms. The minimum Gasteiger partial charge on any atom is -0.480 e. The molecule has 2 aromatic heterocycles. The van der Waals surface area contributed by atoms with Gasteiger partial charge in [0, 0.05) is 74.3 Å². The van der Waals surface area contributed by atoms with Crippen molar-refractivity contribution >= 4 is 34.6 Å². The molecule has 4 N–H and O–H groups in total. The van der Waals surface area contributed by atoms with E-state index in [0.29, 0.717) is 25.2 Å². The summed E-state index contributed by atoms with van der Waals surface area (Å²) in [6, 6.07) is 5.50. The highest BCUT2D eigenvalue weighted by Gasteiger charge is 2.32. The fraction of sp³-hybridized carbons (Fsp3) is 0.516. The minimum atomic E-state index is -1.22. The number of amides is 3. The van der Waals surface area contributed by atoms with Crippen molar-refractivity contribution < 1.29 is 24.3 Å². The predicted molar refractivity (Wildman–Crippen MR) is 158 cm³/mol. The molecule has 1 aromatic carbocycles. The van der Waals surface area contributed by atoms with Gasteiger partial charge in [-0.2, -0.15) is 0 Å². The second-order valence-corrected chi connectivity index (χ2v) is 11.7. The van der Waals surface area contributed by atoms with Crippen molar-refractivity contribution in [3.63, 3.8) is 0 Å². The number of carbonyl (C=O) groups excluding carboxylic acids is 3. The molecule has 226 valence electrons. The van der Waals surface area contributed by atoms with E-state index in [0.717, 1.165) is 35.7 Å². The van der Waals surface area contributed by atoms with Gasteiger partial charge < -0.3 is 30.2 Å². The number of rotatable bonds is 13. The van der Waals surface area contributed by atoms with Crippen LogP contribution >= 0.6 is 0 Å². The first-order valence-corrected chi connectivity index (χ1v) is 14.7. The summed E-state index contributed by atoms with van der Waals surface area (Å²) in [5.74, 6) is -2.67. The summed E-state index contributed by atoms with van der Waals surface area (Å²) >= 11 is 0. The number of aliphatic carboxylic acids is 1. The van der Waals surface area contributed by atoms with E-state index in [2.05, 4.69) is 20.6 Å². The first-order chi connectivity index (χ1) is 20.1. The van der Waals surface area contributed by atoms with Crippen molar-refractivity contribution in [3.8, 4) is 0 Å². The lowest BCUT2D eigenvalue weighted by molar-refractivity contribution is -0.142. The number of carbonyl (C=O) groups is 4. The molecule has 0 radical (unpaired) electrons. The number of aromatic amines is 1. The number of H-pyrrole nitrogens is 1. The Morgan fingerprint density at radius 2 is 1.71 bits per heavy atom. The topological polar surface area (TPSA) is 149 Å². The Bertz CT molecular complexity index is 1380. The number of likely N-dealkylation sites (tertiary alicyclic amines) is 1. The van der Waals surface area contributed by atoms with Crippen molar-refractivity contribution in [3.05, 3.63) is 54.2 Å². The molecule has 11 nitrogen and oxygen atoms in total. The Hall–Kier alpha value is -4.15. The van der Waals surface area contributed by atoms with E-state index in [4.69, 9.17) is 0 Å². The van der Waals surface area contributed by atoms with Gasteiger partial charge in [-0.25, -0.2) is 9.78 Å². The van der Waals surface area contributed by atoms with Crippen molar-refractivity contribution in [2.24, 2.45) is 18.9 Å². The summed E-state index contributed by atoms with van der Waals surface area (Å²) in [4.78, 5) is 61.2. The van der Waals surface area contributed by atoms with Crippen LogP contribution in [-0.2, 0) is 39.1 Å². The van der Waals surface area contributed by atoms with Crippen LogP contribution in [-0.4, -0.2) is 73.4 Å².